The van der Waals surface area contributed by atoms with Crippen LogP contribution in [-0.2, 0) is 14.6 Å². The highest BCUT2D eigenvalue weighted by Gasteiger charge is 2.61. The molecule has 3 heterocycles. The molecule has 0 bridgehead atoms. The van der Waals surface area contributed by atoms with Gasteiger partial charge in [0.25, 0.3) is 0 Å². The molecule has 2 aliphatic heterocycles. The fourth-order valence-corrected chi connectivity index (χ4v) is 5.88. The standard InChI is InChI=1S/C15H24N4O3S/c1-4-22-8-12-5-6-23(20,21)15(12)9-19(10-15)14-7-13(18(2)3)16-11-17-14/h7,11-12H,4-6,8-10H2,1-3H3. The molecule has 23 heavy (non-hydrogen) atoms. The predicted octanol–water partition coefficient (Wildman–Crippen LogP) is 0.573. The Morgan fingerprint density at radius 2 is 2.13 bits per heavy atom. The lowest BCUT2D eigenvalue weighted by Crippen LogP contribution is -2.68. The predicted molar refractivity (Wildman–Crippen MR) is 89.7 cm³/mol. The van der Waals surface area contributed by atoms with Crippen LogP contribution in [0.5, 0.6) is 0 Å². The Morgan fingerprint density at radius 1 is 1.39 bits per heavy atom. The number of hydrogen-bond donors (Lipinski definition) is 0. The van der Waals surface area contributed by atoms with Crippen LogP contribution >= 0.6 is 0 Å². The van der Waals surface area contributed by atoms with E-state index >= 15 is 0 Å². The summed E-state index contributed by atoms with van der Waals surface area (Å²) in [4.78, 5) is 12.4. The van der Waals surface area contributed by atoms with E-state index in [1.54, 1.807) is 0 Å². The van der Waals surface area contributed by atoms with Gasteiger partial charge in [-0.05, 0) is 13.3 Å². The Balaban J connectivity index is 1.78. The maximum atomic E-state index is 12.6. The molecule has 0 saturated carbocycles. The molecule has 7 nitrogen and oxygen atoms in total. The van der Waals surface area contributed by atoms with Crippen molar-refractivity contribution in [2.24, 2.45) is 5.92 Å². The molecule has 8 heteroatoms. The van der Waals surface area contributed by atoms with Crippen molar-refractivity contribution >= 4 is 21.5 Å². The van der Waals surface area contributed by atoms with Crippen molar-refractivity contribution < 1.29 is 13.2 Å². The minimum atomic E-state index is -3.07. The highest BCUT2D eigenvalue weighted by atomic mass is 32.2. The van der Waals surface area contributed by atoms with Gasteiger partial charge in [0.2, 0.25) is 0 Å². The lowest BCUT2D eigenvalue weighted by molar-refractivity contribution is 0.0889. The quantitative estimate of drug-likeness (QED) is 0.776. The zero-order chi connectivity index (χ0) is 16.7. The van der Waals surface area contributed by atoms with Gasteiger partial charge in [0.15, 0.2) is 9.84 Å². The van der Waals surface area contributed by atoms with E-state index in [0.29, 0.717) is 32.7 Å². The molecule has 2 fully saturated rings. The SMILES string of the molecule is CCOCC1CCS(=O)(=O)C12CN(c1cc(N(C)C)ncn1)C2. The van der Waals surface area contributed by atoms with Crippen molar-refractivity contribution in [1.29, 1.82) is 0 Å². The molecule has 0 N–H and O–H groups in total. The van der Waals surface area contributed by atoms with Gasteiger partial charge in [0.05, 0.1) is 12.4 Å². The zero-order valence-electron chi connectivity index (χ0n) is 13.9. The number of hydrogen-bond acceptors (Lipinski definition) is 7. The van der Waals surface area contributed by atoms with E-state index in [4.69, 9.17) is 4.74 Å². The minimum Gasteiger partial charge on any atom is -0.381 e. The van der Waals surface area contributed by atoms with Crippen molar-refractivity contribution in [2.45, 2.75) is 18.1 Å². The van der Waals surface area contributed by atoms with Crippen LogP contribution in [0.2, 0.25) is 0 Å². The highest BCUT2D eigenvalue weighted by molar-refractivity contribution is 7.93. The van der Waals surface area contributed by atoms with Gasteiger partial charge in [0.1, 0.15) is 22.7 Å². The van der Waals surface area contributed by atoms with E-state index in [-0.39, 0.29) is 11.7 Å². The van der Waals surface area contributed by atoms with Gasteiger partial charge >= 0.3 is 0 Å². The van der Waals surface area contributed by atoms with Gasteiger partial charge < -0.3 is 14.5 Å². The normalized spacial score (nSPS) is 24.7. The molecule has 0 aliphatic carbocycles. The summed E-state index contributed by atoms with van der Waals surface area (Å²) in [6, 6.07) is 1.89. The Kier molecular flexibility index (Phi) is 4.22. The Labute approximate surface area is 137 Å². The summed E-state index contributed by atoms with van der Waals surface area (Å²) in [5.41, 5.74) is 0. The third-order valence-corrected chi connectivity index (χ3v) is 7.56. The topological polar surface area (TPSA) is 75.6 Å². The molecular formula is C15H24N4O3S. The molecule has 1 atom stereocenters. The third-order valence-electron chi connectivity index (χ3n) is 4.96. The van der Waals surface area contributed by atoms with Gasteiger partial charge in [-0.15, -0.1) is 0 Å². The second-order valence-corrected chi connectivity index (χ2v) is 8.96. The first-order valence-corrected chi connectivity index (χ1v) is 9.59. The summed E-state index contributed by atoms with van der Waals surface area (Å²) in [6.45, 7) is 4.07. The second kappa shape index (κ2) is 5.90. The Morgan fingerprint density at radius 3 is 2.78 bits per heavy atom. The van der Waals surface area contributed by atoms with Crippen molar-refractivity contribution in [3.8, 4) is 0 Å². The number of sulfone groups is 1. The van der Waals surface area contributed by atoms with Crippen LogP contribution in [0.3, 0.4) is 0 Å². The van der Waals surface area contributed by atoms with Gasteiger partial charge in [-0.2, -0.15) is 0 Å². The van der Waals surface area contributed by atoms with Crippen LogP contribution < -0.4 is 9.80 Å². The van der Waals surface area contributed by atoms with Crippen LogP contribution in [0.1, 0.15) is 13.3 Å². The van der Waals surface area contributed by atoms with Gasteiger partial charge in [-0.25, -0.2) is 18.4 Å². The van der Waals surface area contributed by atoms with Crippen molar-refractivity contribution in [3.05, 3.63) is 12.4 Å². The molecule has 2 saturated heterocycles. The molecule has 0 aromatic carbocycles. The number of rotatable bonds is 5. The summed E-state index contributed by atoms with van der Waals surface area (Å²) in [5.74, 6) is 1.95. The van der Waals surface area contributed by atoms with Crippen molar-refractivity contribution in [3.63, 3.8) is 0 Å². The minimum absolute atomic E-state index is 0.0823. The van der Waals surface area contributed by atoms with Crippen LogP contribution in [-0.4, -0.2) is 69.3 Å². The summed E-state index contributed by atoms with van der Waals surface area (Å²) in [6.07, 6.45) is 2.22. The lowest BCUT2D eigenvalue weighted by atomic mass is 9.83. The lowest BCUT2D eigenvalue weighted by Gasteiger charge is -2.50. The van der Waals surface area contributed by atoms with E-state index in [0.717, 1.165) is 11.6 Å². The summed E-state index contributed by atoms with van der Waals surface area (Å²) in [7, 11) is 0.767. The molecule has 1 spiro atoms. The average molecular weight is 340 g/mol. The summed E-state index contributed by atoms with van der Waals surface area (Å²) < 4.78 is 30.0. The van der Waals surface area contributed by atoms with Crippen molar-refractivity contribution in [1.82, 2.24) is 9.97 Å². The van der Waals surface area contributed by atoms with Crippen molar-refractivity contribution in [2.75, 3.05) is 56.0 Å². The van der Waals surface area contributed by atoms with Crippen LogP contribution in [0.4, 0.5) is 11.6 Å². The van der Waals surface area contributed by atoms with Crippen LogP contribution in [0, 0.1) is 5.92 Å². The molecule has 3 rings (SSSR count). The molecule has 1 unspecified atom stereocenters. The second-order valence-electron chi connectivity index (χ2n) is 6.51. The molecule has 128 valence electrons. The smallest absolute Gasteiger partial charge is 0.159 e. The fraction of sp³-hybridized carbons (Fsp3) is 0.733. The van der Waals surface area contributed by atoms with E-state index in [2.05, 4.69) is 9.97 Å². The fourth-order valence-electron chi connectivity index (χ4n) is 3.48. The van der Waals surface area contributed by atoms with Crippen LogP contribution in [0.15, 0.2) is 12.4 Å². The monoisotopic (exact) mass is 340 g/mol. The number of aromatic nitrogens is 2. The summed E-state index contributed by atoms with van der Waals surface area (Å²) >= 11 is 0. The zero-order valence-corrected chi connectivity index (χ0v) is 14.7. The molecule has 0 radical (unpaired) electrons. The third kappa shape index (κ3) is 2.67. The molecular weight excluding hydrogens is 316 g/mol. The number of nitrogens with zero attached hydrogens (tertiary/aromatic N) is 4. The van der Waals surface area contributed by atoms with Gasteiger partial charge in [0, 0.05) is 45.8 Å². The van der Waals surface area contributed by atoms with Gasteiger partial charge in [-0.3, -0.25) is 0 Å². The average Bonchev–Trinajstić information content (AvgIpc) is 2.74. The van der Waals surface area contributed by atoms with E-state index in [9.17, 15) is 8.42 Å². The van der Waals surface area contributed by atoms with E-state index < -0.39 is 14.6 Å². The molecule has 1 aromatic rings. The molecule has 1 aromatic heterocycles. The van der Waals surface area contributed by atoms with Gasteiger partial charge in [-0.1, -0.05) is 0 Å². The maximum absolute atomic E-state index is 12.6. The highest BCUT2D eigenvalue weighted by Crippen LogP contribution is 2.46. The first kappa shape index (κ1) is 16.4. The molecule has 0 amide bonds. The van der Waals surface area contributed by atoms with Crippen LogP contribution in [0.25, 0.3) is 0 Å². The Hall–Kier alpha value is -1.41. The Bertz CT molecular complexity index is 671. The summed E-state index contributed by atoms with van der Waals surface area (Å²) in [5, 5.41) is 0. The maximum Gasteiger partial charge on any atom is 0.159 e. The largest absolute Gasteiger partial charge is 0.381 e. The molecule has 2 aliphatic rings. The number of anilines is 2. The first-order valence-electron chi connectivity index (χ1n) is 7.94. The van der Waals surface area contributed by atoms with E-state index in [1.165, 1.54) is 6.33 Å². The first-order chi connectivity index (χ1) is 10.9. The van der Waals surface area contributed by atoms with E-state index in [1.807, 2.05) is 36.9 Å². The number of ether oxygens (including phenoxy) is 1.